The Kier molecular flexibility index (Phi) is 4.30. The van der Waals surface area contributed by atoms with Crippen LogP contribution in [0.3, 0.4) is 0 Å². The molecule has 0 bridgehead atoms. The molecule has 1 amide bonds. The van der Waals surface area contributed by atoms with Crippen molar-refractivity contribution in [3.63, 3.8) is 0 Å². The molecule has 0 fully saturated rings. The van der Waals surface area contributed by atoms with E-state index in [9.17, 15) is 4.79 Å². The van der Waals surface area contributed by atoms with E-state index in [-0.39, 0.29) is 12.1 Å². The normalized spacial score (nSPS) is 16.1. The van der Waals surface area contributed by atoms with Gasteiger partial charge in [0, 0.05) is 15.5 Å². The van der Waals surface area contributed by atoms with Gasteiger partial charge in [-0.05, 0) is 46.0 Å². The minimum absolute atomic E-state index is 0.248. The van der Waals surface area contributed by atoms with Gasteiger partial charge in [-0.3, -0.25) is 4.90 Å². The first-order valence-corrected chi connectivity index (χ1v) is 10.2. The fourth-order valence-electron chi connectivity index (χ4n) is 3.78. The molecule has 1 aromatic heterocycles. The smallest absolute Gasteiger partial charge is 0.410 e. The van der Waals surface area contributed by atoms with Crippen LogP contribution in [0, 0.1) is 0 Å². The summed E-state index contributed by atoms with van der Waals surface area (Å²) in [4.78, 5) is 15.9. The molecule has 1 unspecified atom stereocenters. The number of thiophene rings is 1. The van der Waals surface area contributed by atoms with E-state index in [1.54, 1.807) is 16.2 Å². The van der Waals surface area contributed by atoms with Gasteiger partial charge in [0.2, 0.25) is 0 Å². The first-order chi connectivity index (χ1) is 13.7. The molecule has 0 spiro atoms. The van der Waals surface area contributed by atoms with Gasteiger partial charge in [0.25, 0.3) is 0 Å². The van der Waals surface area contributed by atoms with Crippen molar-refractivity contribution >= 4 is 39.8 Å². The van der Waals surface area contributed by atoms with E-state index < -0.39 is 0 Å². The van der Waals surface area contributed by atoms with Crippen molar-refractivity contribution in [2.45, 2.75) is 12.6 Å². The maximum Gasteiger partial charge on any atom is 0.416 e. The number of nitrogens with zero attached hydrogens (tertiary/aromatic N) is 1. The second kappa shape index (κ2) is 6.97. The molecular weight excluding hydrogens is 390 g/mol. The minimum atomic E-state index is -0.337. The molecule has 138 valence electrons. The number of fused-ring (bicyclic) bond motifs is 3. The van der Waals surface area contributed by atoms with E-state index >= 15 is 0 Å². The van der Waals surface area contributed by atoms with Crippen LogP contribution in [-0.2, 0) is 6.54 Å². The van der Waals surface area contributed by atoms with Crippen molar-refractivity contribution in [2.75, 3.05) is 0 Å². The van der Waals surface area contributed by atoms with Gasteiger partial charge in [-0.2, -0.15) is 0 Å². The van der Waals surface area contributed by atoms with Crippen LogP contribution < -0.4 is 4.74 Å². The third-order valence-corrected chi connectivity index (χ3v) is 6.15. The molecule has 5 heteroatoms. The summed E-state index contributed by atoms with van der Waals surface area (Å²) in [6.07, 6.45) is -0.337. The van der Waals surface area contributed by atoms with Gasteiger partial charge in [0.15, 0.2) is 0 Å². The summed E-state index contributed by atoms with van der Waals surface area (Å²) >= 11 is 7.76. The quantitative estimate of drug-likeness (QED) is 0.381. The molecule has 0 saturated heterocycles. The minimum Gasteiger partial charge on any atom is -0.410 e. The number of hydrogen-bond acceptors (Lipinski definition) is 3. The predicted molar refractivity (Wildman–Crippen MR) is 113 cm³/mol. The third-order valence-electron chi connectivity index (χ3n) is 5.04. The molecule has 2 heterocycles. The number of halogens is 1. The van der Waals surface area contributed by atoms with Crippen LogP contribution in [0.2, 0.25) is 5.02 Å². The Hall–Kier alpha value is -2.82. The van der Waals surface area contributed by atoms with Gasteiger partial charge in [0.05, 0.1) is 12.6 Å². The SMILES string of the molecule is O=C1Oc2ccc3ccccc3c2C(c2ccc(Cl)cc2)N1Cc1cccs1. The zero-order valence-corrected chi connectivity index (χ0v) is 16.4. The molecule has 3 aromatic carbocycles. The van der Waals surface area contributed by atoms with Gasteiger partial charge in [-0.25, -0.2) is 4.79 Å². The number of ether oxygens (including phenoxy) is 1. The highest BCUT2D eigenvalue weighted by molar-refractivity contribution is 7.09. The first-order valence-electron chi connectivity index (χ1n) is 8.98. The van der Waals surface area contributed by atoms with Gasteiger partial charge in [0.1, 0.15) is 5.75 Å². The number of carbonyl (C=O) groups is 1. The highest BCUT2D eigenvalue weighted by Gasteiger charge is 2.36. The van der Waals surface area contributed by atoms with Crippen LogP contribution in [-0.4, -0.2) is 11.0 Å². The van der Waals surface area contributed by atoms with Crippen molar-refractivity contribution in [3.8, 4) is 5.75 Å². The lowest BCUT2D eigenvalue weighted by Crippen LogP contribution is -2.40. The summed E-state index contributed by atoms with van der Waals surface area (Å²) in [7, 11) is 0. The van der Waals surface area contributed by atoms with Crippen LogP contribution in [0.25, 0.3) is 10.8 Å². The fourth-order valence-corrected chi connectivity index (χ4v) is 4.61. The molecule has 0 radical (unpaired) electrons. The zero-order valence-electron chi connectivity index (χ0n) is 14.8. The number of benzene rings is 3. The summed E-state index contributed by atoms with van der Waals surface area (Å²) in [6.45, 7) is 0.493. The van der Waals surface area contributed by atoms with Crippen LogP contribution in [0.1, 0.15) is 22.0 Å². The molecule has 1 atom stereocenters. The number of carbonyl (C=O) groups excluding carboxylic acids is 1. The van der Waals surface area contributed by atoms with E-state index in [0.29, 0.717) is 17.3 Å². The van der Waals surface area contributed by atoms with Crippen molar-refractivity contribution in [2.24, 2.45) is 0 Å². The second-order valence-electron chi connectivity index (χ2n) is 6.73. The number of rotatable bonds is 3. The Bertz CT molecular complexity index is 1160. The summed E-state index contributed by atoms with van der Waals surface area (Å²) in [5, 5.41) is 4.90. The monoisotopic (exact) mass is 405 g/mol. The lowest BCUT2D eigenvalue weighted by molar-refractivity contribution is 0.123. The van der Waals surface area contributed by atoms with E-state index in [0.717, 1.165) is 26.8 Å². The molecule has 4 aromatic rings. The van der Waals surface area contributed by atoms with Gasteiger partial charge >= 0.3 is 6.09 Å². The summed E-state index contributed by atoms with van der Waals surface area (Å²) in [5.74, 6) is 0.617. The molecule has 0 aliphatic carbocycles. The predicted octanol–water partition coefficient (Wildman–Crippen LogP) is 6.66. The van der Waals surface area contributed by atoms with Gasteiger partial charge in [-0.1, -0.05) is 60.1 Å². The van der Waals surface area contributed by atoms with E-state index in [2.05, 4.69) is 12.1 Å². The summed E-state index contributed by atoms with van der Waals surface area (Å²) < 4.78 is 5.74. The molecule has 0 saturated carbocycles. The van der Waals surface area contributed by atoms with Gasteiger partial charge in [-0.15, -0.1) is 11.3 Å². The van der Waals surface area contributed by atoms with E-state index in [1.165, 1.54) is 0 Å². The maximum absolute atomic E-state index is 13.0. The van der Waals surface area contributed by atoms with Crippen molar-refractivity contribution < 1.29 is 9.53 Å². The number of hydrogen-bond donors (Lipinski definition) is 0. The molecule has 1 aliphatic rings. The molecule has 5 rings (SSSR count). The Morgan fingerprint density at radius 1 is 0.964 bits per heavy atom. The Morgan fingerprint density at radius 3 is 2.57 bits per heavy atom. The van der Waals surface area contributed by atoms with Crippen molar-refractivity contribution in [3.05, 3.63) is 99.2 Å². The molecule has 3 nitrogen and oxygen atoms in total. The Balaban J connectivity index is 1.73. The van der Waals surface area contributed by atoms with E-state index in [1.807, 2.05) is 66.0 Å². The van der Waals surface area contributed by atoms with Crippen LogP contribution in [0.15, 0.2) is 78.2 Å². The molecular formula is C23H16ClNO2S. The average molecular weight is 406 g/mol. The zero-order chi connectivity index (χ0) is 19.1. The highest BCUT2D eigenvalue weighted by atomic mass is 35.5. The molecule has 1 aliphatic heterocycles. The Morgan fingerprint density at radius 2 is 1.79 bits per heavy atom. The summed E-state index contributed by atoms with van der Waals surface area (Å²) in [5.41, 5.74) is 2.02. The van der Waals surface area contributed by atoms with Crippen LogP contribution in [0.5, 0.6) is 5.75 Å². The second-order valence-corrected chi connectivity index (χ2v) is 8.20. The summed E-state index contributed by atoms with van der Waals surface area (Å²) in [6, 6.07) is 23.6. The van der Waals surface area contributed by atoms with Crippen LogP contribution in [0.4, 0.5) is 4.79 Å². The van der Waals surface area contributed by atoms with Crippen molar-refractivity contribution in [1.82, 2.24) is 4.90 Å². The Labute approximate surface area is 171 Å². The fraction of sp³-hybridized carbons (Fsp3) is 0.0870. The third kappa shape index (κ3) is 2.95. The lowest BCUT2D eigenvalue weighted by Gasteiger charge is -2.37. The largest absolute Gasteiger partial charge is 0.416 e. The van der Waals surface area contributed by atoms with Crippen LogP contribution >= 0.6 is 22.9 Å². The first kappa shape index (κ1) is 17.3. The number of amides is 1. The molecule has 0 N–H and O–H groups in total. The van der Waals surface area contributed by atoms with E-state index in [4.69, 9.17) is 16.3 Å². The highest BCUT2D eigenvalue weighted by Crippen LogP contribution is 2.44. The maximum atomic E-state index is 13.0. The molecule has 28 heavy (non-hydrogen) atoms. The topological polar surface area (TPSA) is 29.5 Å². The average Bonchev–Trinajstić information content (AvgIpc) is 3.22. The lowest BCUT2D eigenvalue weighted by atomic mass is 9.90. The standard InChI is InChI=1S/C23H16ClNO2S/c24-17-10-7-16(8-11-17)22-21-19-6-2-1-4-15(19)9-12-20(21)27-23(26)25(22)14-18-5-3-13-28-18/h1-13,22H,14H2. The van der Waals surface area contributed by atoms with Gasteiger partial charge < -0.3 is 4.74 Å². The van der Waals surface area contributed by atoms with Crippen molar-refractivity contribution in [1.29, 1.82) is 0 Å².